The van der Waals surface area contributed by atoms with E-state index in [4.69, 9.17) is 0 Å². The largest absolute Gasteiger partial charge is 0.491 e. The van der Waals surface area contributed by atoms with Crippen molar-refractivity contribution in [3.05, 3.63) is 29.3 Å². The fourth-order valence-electron chi connectivity index (χ4n) is 1.15. The zero-order valence-corrected chi connectivity index (χ0v) is 8.43. The lowest BCUT2D eigenvalue weighted by Crippen LogP contribution is -2.23. The van der Waals surface area contributed by atoms with Gasteiger partial charge in [-0.3, -0.25) is 4.79 Å². The van der Waals surface area contributed by atoms with Crippen molar-refractivity contribution in [1.29, 1.82) is 0 Å². The summed E-state index contributed by atoms with van der Waals surface area (Å²) in [7, 11) is 1.16. The van der Waals surface area contributed by atoms with Crippen molar-refractivity contribution in [2.45, 2.75) is 6.92 Å². The van der Waals surface area contributed by atoms with E-state index >= 15 is 0 Å². The molecule has 0 atom stereocenters. The first-order valence-electron chi connectivity index (χ1n) is 4.41. The van der Waals surface area contributed by atoms with Crippen LogP contribution in [-0.2, 0) is 0 Å². The number of benzene rings is 1. The van der Waals surface area contributed by atoms with E-state index in [9.17, 15) is 13.6 Å². The Morgan fingerprint density at radius 3 is 2.33 bits per heavy atom. The van der Waals surface area contributed by atoms with Gasteiger partial charge in [-0.1, -0.05) is 0 Å². The fourth-order valence-corrected chi connectivity index (χ4v) is 1.15. The van der Waals surface area contributed by atoms with Crippen LogP contribution in [0.1, 0.15) is 17.3 Å². The van der Waals surface area contributed by atoms with Crippen molar-refractivity contribution in [3.8, 4) is 5.75 Å². The highest BCUT2D eigenvalue weighted by atomic mass is 19.1. The minimum atomic E-state index is -0.890. The Kier molecular flexibility index (Phi) is 3.60. The molecule has 1 aromatic rings. The van der Waals surface area contributed by atoms with Crippen LogP contribution in [0.4, 0.5) is 8.78 Å². The summed E-state index contributed by atoms with van der Waals surface area (Å²) in [6, 6.07) is 1.87. The lowest BCUT2D eigenvalue weighted by atomic mass is 10.2. The van der Waals surface area contributed by atoms with E-state index in [0.717, 1.165) is 19.2 Å². The smallest absolute Gasteiger partial charge is 0.251 e. The molecule has 5 heteroatoms. The third kappa shape index (κ3) is 2.43. The highest BCUT2D eigenvalue weighted by Crippen LogP contribution is 2.22. The molecule has 0 saturated carbocycles. The number of hydrogen-bond donors (Lipinski definition) is 1. The van der Waals surface area contributed by atoms with Gasteiger partial charge in [0.05, 0.1) is 7.11 Å². The average molecular weight is 215 g/mol. The fraction of sp³-hybridized carbons (Fsp3) is 0.300. The van der Waals surface area contributed by atoms with Crippen LogP contribution in [0.5, 0.6) is 5.75 Å². The molecule has 1 amide bonds. The van der Waals surface area contributed by atoms with Gasteiger partial charge in [0.2, 0.25) is 0 Å². The number of nitrogens with one attached hydrogen (secondary N) is 1. The Bertz CT molecular complexity index is 357. The van der Waals surface area contributed by atoms with Crippen LogP contribution in [0.25, 0.3) is 0 Å². The van der Waals surface area contributed by atoms with Gasteiger partial charge in [-0.15, -0.1) is 0 Å². The lowest BCUT2D eigenvalue weighted by molar-refractivity contribution is 0.0954. The summed E-state index contributed by atoms with van der Waals surface area (Å²) in [5.41, 5.74) is -0.0624. The van der Waals surface area contributed by atoms with E-state index < -0.39 is 23.3 Å². The Labute approximate surface area is 86.0 Å². The summed E-state index contributed by atoms with van der Waals surface area (Å²) in [6.07, 6.45) is 0. The standard InChI is InChI=1S/C10H11F2NO2/c1-3-13-10(14)6-4-7(11)9(15-2)8(12)5-6/h4-5H,3H2,1-2H3,(H,13,14). The van der Waals surface area contributed by atoms with Crippen LogP contribution in [0.15, 0.2) is 12.1 Å². The zero-order valence-electron chi connectivity index (χ0n) is 8.43. The number of halogens is 2. The summed E-state index contributed by atoms with van der Waals surface area (Å²) in [4.78, 5) is 11.3. The van der Waals surface area contributed by atoms with E-state index in [1.165, 1.54) is 0 Å². The van der Waals surface area contributed by atoms with Crippen LogP contribution < -0.4 is 10.1 Å². The summed E-state index contributed by atoms with van der Waals surface area (Å²) in [6.45, 7) is 2.11. The molecule has 0 bridgehead atoms. The molecule has 1 aromatic carbocycles. The molecule has 82 valence electrons. The third-order valence-corrected chi connectivity index (χ3v) is 1.80. The predicted molar refractivity (Wildman–Crippen MR) is 50.9 cm³/mol. The number of hydrogen-bond acceptors (Lipinski definition) is 2. The van der Waals surface area contributed by atoms with Crippen molar-refractivity contribution < 1.29 is 18.3 Å². The second kappa shape index (κ2) is 4.72. The molecule has 0 saturated heterocycles. The van der Waals surface area contributed by atoms with Crippen molar-refractivity contribution in [1.82, 2.24) is 5.32 Å². The molecule has 0 aliphatic rings. The van der Waals surface area contributed by atoms with Gasteiger partial charge < -0.3 is 10.1 Å². The maximum absolute atomic E-state index is 13.2. The molecule has 0 aliphatic carbocycles. The van der Waals surface area contributed by atoms with Gasteiger partial charge >= 0.3 is 0 Å². The number of carbonyl (C=O) groups excluding carboxylic acids is 1. The average Bonchev–Trinajstić information content (AvgIpc) is 2.17. The van der Waals surface area contributed by atoms with E-state index in [1.54, 1.807) is 6.92 Å². The number of methoxy groups -OCH3 is 1. The molecule has 0 radical (unpaired) electrons. The molecule has 15 heavy (non-hydrogen) atoms. The van der Waals surface area contributed by atoms with E-state index in [2.05, 4.69) is 10.1 Å². The first kappa shape index (κ1) is 11.4. The highest BCUT2D eigenvalue weighted by molar-refractivity contribution is 5.94. The van der Waals surface area contributed by atoms with Crippen LogP contribution >= 0.6 is 0 Å². The number of ether oxygens (including phenoxy) is 1. The summed E-state index contributed by atoms with van der Waals surface area (Å²) < 4.78 is 30.8. The first-order valence-corrected chi connectivity index (χ1v) is 4.41. The van der Waals surface area contributed by atoms with Crippen molar-refractivity contribution in [2.75, 3.05) is 13.7 Å². The monoisotopic (exact) mass is 215 g/mol. The topological polar surface area (TPSA) is 38.3 Å². The minimum Gasteiger partial charge on any atom is -0.491 e. The molecule has 0 aliphatic heterocycles. The van der Waals surface area contributed by atoms with Gasteiger partial charge in [-0.2, -0.15) is 0 Å². The van der Waals surface area contributed by atoms with Gasteiger partial charge in [0.1, 0.15) is 0 Å². The van der Waals surface area contributed by atoms with Crippen LogP contribution in [0, 0.1) is 11.6 Å². The Morgan fingerprint density at radius 1 is 1.40 bits per heavy atom. The van der Waals surface area contributed by atoms with Gasteiger partial charge in [0.25, 0.3) is 5.91 Å². The lowest BCUT2D eigenvalue weighted by Gasteiger charge is -2.06. The molecular weight excluding hydrogens is 204 g/mol. The second-order valence-corrected chi connectivity index (χ2v) is 2.83. The molecule has 1 N–H and O–H groups in total. The SMILES string of the molecule is CCNC(=O)c1cc(F)c(OC)c(F)c1. The molecular formula is C10H11F2NO2. The van der Waals surface area contributed by atoms with Crippen molar-refractivity contribution in [2.24, 2.45) is 0 Å². The van der Waals surface area contributed by atoms with Crippen LogP contribution in [0.3, 0.4) is 0 Å². The number of amides is 1. The Morgan fingerprint density at radius 2 is 1.93 bits per heavy atom. The first-order chi connectivity index (χ1) is 7.10. The minimum absolute atomic E-state index is 0.0624. The Balaban J connectivity index is 3.08. The Hall–Kier alpha value is -1.65. The molecule has 0 heterocycles. The van der Waals surface area contributed by atoms with Gasteiger partial charge in [-0.05, 0) is 19.1 Å². The zero-order chi connectivity index (χ0) is 11.4. The normalized spacial score (nSPS) is 9.87. The van der Waals surface area contributed by atoms with Crippen LogP contribution in [0.2, 0.25) is 0 Å². The summed E-state index contributed by atoms with van der Waals surface area (Å²) >= 11 is 0. The van der Waals surface area contributed by atoms with Crippen molar-refractivity contribution >= 4 is 5.91 Å². The number of rotatable bonds is 3. The maximum atomic E-state index is 13.2. The van der Waals surface area contributed by atoms with E-state index in [0.29, 0.717) is 6.54 Å². The van der Waals surface area contributed by atoms with Crippen LogP contribution in [-0.4, -0.2) is 19.6 Å². The second-order valence-electron chi connectivity index (χ2n) is 2.83. The molecule has 3 nitrogen and oxygen atoms in total. The third-order valence-electron chi connectivity index (χ3n) is 1.80. The predicted octanol–water partition coefficient (Wildman–Crippen LogP) is 1.72. The highest BCUT2D eigenvalue weighted by Gasteiger charge is 2.14. The number of carbonyl (C=O) groups is 1. The molecule has 1 rings (SSSR count). The molecule has 0 fully saturated rings. The van der Waals surface area contributed by atoms with Crippen molar-refractivity contribution in [3.63, 3.8) is 0 Å². The van der Waals surface area contributed by atoms with Gasteiger partial charge in [0, 0.05) is 12.1 Å². The van der Waals surface area contributed by atoms with Gasteiger partial charge in [-0.25, -0.2) is 8.78 Å². The molecule has 0 unspecified atom stereocenters. The van der Waals surface area contributed by atoms with E-state index in [-0.39, 0.29) is 5.56 Å². The molecule has 0 aromatic heterocycles. The summed E-state index contributed by atoms with van der Waals surface area (Å²) in [5, 5.41) is 2.44. The summed E-state index contributed by atoms with van der Waals surface area (Å²) in [5.74, 6) is -2.78. The quantitative estimate of drug-likeness (QED) is 0.833. The molecule has 0 spiro atoms. The van der Waals surface area contributed by atoms with Gasteiger partial charge in [0.15, 0.2) is 17.4 Å². The maximum Gasteiger partial charge on any atom is 0.251 e. The van der Waals surface area contributed by atoms with E-state index in [1.807, 2.05) is 0 Å².